The van der Waals surface area contributed by atoms with Gasteiger partial charge >= 0.3 is 12.1 Å². The molecule has 0 aliphatic heterocycles. The molecule has 0 radical (unpaired) electrons. The lowest BCUT2D eigenvalue weighted by molar-refractivity contribution is -0.124. The fourth-order valence-electron chi connectivity index (χ4n) is 8.38. The van der Waals surface area contributed by atoms with Crippen molar-refractivity contribution in [2.45, 2.75) is 110 Å². The van der Waals surface area contributed by atoms with Gasteiger partial charge in [0.2, 0.25) is 5.91 Å². The highest BCUT2D eigenvalue weighted by Gasteiger charge is 2.31. The largest absolute Gasteiger partial charge is 0.444 e. The van der Waals surface area contributed by atoms with E-state index in [0.717, 1.165) is 52.5 Å². The molecule has 4 aromatic carbocycles. The van der Waals surface area contributed by atoms with Gasteiger partial charge in [-0.05, 0) is 97.0 Å². The van der Waals surface area contributed by atoms with Crippen LogP contribution in [0.4, 0.5) is 9.59 Å². The minimum atomic E-state index is -1.05. The van der Waals surface area contributed by atoms with Crippen LogP contribution in [0.15, 0.2) is 132 Å². The van der Waals surface area contributed by atoms with E-state index in [1.807, 2.05) is 86.9 Å². The third kappa shape index (κ3) is 16.2. The Morgan fingerprint density at radius 2 is 1.41 bits per heavy atom. The molecule has 1 aliphatic rings. The number of thiazole rings is 2. The molecule has 0 unspecified atom stereocenters. The minimum Gasteiger partial charge on any atom is -0.444 e. The molecular formula is C56H69N7O5S2. The summed E-state index contributed by atoms with van der Waals surface area (Å²) in [7, 11) is 3.68. The molecule has 2 heterocycles. The Labute approximate surface area is 422 Å². The van der Waals surface area contributed by atoms with Crippen molar-refractivity contribution in [3.05, 3.63) is 181 Å². The number of alkyl carbamates (subject to hydrolysis) is 1. The standard InChI is InChI=1S/C37H48N6O5S2.C19H21N/c1-24(2)33(42-36(46)43(5)20-29-22-49-35(40-29)25(3)4)34(45)39-28(16-26-12-8-6-9-13-26)18-32(44)31(17-27-14-10-7-11-15-27)41-37(47)48-21-30-19-38-23-50-30;1-20-14-6-11-19-17-9-4-2-7-15(17)12-13-16-8-3-5-10-18(16)19/h6-15,19,22-25,28,31-33,44H,16-18,20-21H2,1-5H3,(H,39,45)(H,41,47)(H,42,46);2-5,7-11,20H,6,12-14H2,1H3/t28-,31-,32-,33-;/m0./s1. The van der Waals surface area contributed by atoms with E-state index in [4.69, 9.17) is 4.74 Å². The van der Waals surface area contributed by atoms with E-state index < -0.39 is 30.3 Å². The van der Waals surface area contributed by atoms with Crippen LogP contribution >= 0.6 is 22.7 Å². The zero-order chi connectivity index (χ0) is 49.8. The summed E-state index contributed by atoms with van der Waals surface area (Å²) in [5, 5.41) is 26.7. The van der Waals surface area contributed by atoms with Crippen molar-refractivity contribution in [1.82, 2.24) is 36.1 Å². The monoisotopic (exact) mass is 983 g/mol. The van der Waals surface area contributed by atoms with Crippen molar-refractivity contribution >= 4 is 46.3 Å². The number of carbonyl (C=O) groups is 3. The molecule has 70 heavy (non-hydrogen) atoms. The van der Waals surface area contributed by atoms with Gasteiger partial charge in [-0.1, -0.05) is 143 Å². The Bertz CT molecular complexity index is 2520. The van der Waals surface area contributed by atoms with E-state index in [1.54, 1.807) is 30.1 Å². The van der Waals surface area contributed by atoms with Gasteiger partial charge in [-0.15, -0.1) is 22.7 Å². The summed E-state index contributed by atoms with van der Waals surface area (Å²) in [5.41, 5.74) is 11.5. The highest BCUT2D eigenvalue weighted by molar-refractivity contribution is 7.09. The molecule has 2 aromatic heterocycles. The number of rotatable bonds is 20. The number of carbonyl (C=O) groups excluding carboxylic acids is 3. The maximum atomic E-state index is 13.9. The number of urea groups is 1. The van der Waals surface area contributed by atoms with Crippen molar-refractivity contribution in [3.8, 4) is 0 Å². The molecule has 0 fully saturated rings. The summed E-state index contributed by atoms with van der Waals surface area (Å²) in [6, 6.07) is 34.5. The van der Waals surface area contributed by atoms with Gasteiger partial charge in [-0.2, -0.15) is 0 Å². The zero-order valence-electron chi connectivity index (χ0n) is 41.3. The van der Waals surface area contributed by atoms with Crippen molar-refractivity contribution < 1.29 is 24.2 Å². The van der Waals surface area contributed by atoms with E-state index in [1.165, 1.54) is 44.1 Å². The zero-order valence-corrected chi connectivity index (χ0v) is 42.9. The Balaban J connectivity index is 0.000000331. The van der Waals surface area contributed by atoms with Crippen LogP contribution in [0.25, 0.3) is 5.57 Å². The quantitative estimate of drug-likeness (QED) is 0.0474. The van der Waals surface area contributed by atoms with Crippen LogP contribution in [-0.2, 0) is 48.4 Å². The van der Waals surface area contributed by atoms with Crippen LogP contribution in [-0.4, -0.2) is 82.9 Å². The van der Waals surface area contributed by atoms with E-state index in [9.17, 15) is 19.5 Å². The molecule has 5 N–H and O–H groups in total. The first-order chi connectivity index (χ1) is 33.9. The number of benzene rings is 4. The Kier molecular flexibility index (Phi) is 20.7. The van der Waals surface area contributed by atoms with Gasteiger partial charge in [0.1, 0.15) is 12.6 Å². The second-order valence-corrected chi connectivity index (χ2v) is 20.2. The molecule has 7 rings (SSSR count). The predicted octanol–water partition coefficient (Wildman–Crippen LogP) is 9.73. The third-order valence-electron chi connectivity index (χ3n) is 12.2. The van der Waals surface area contributed by atoms with Gasteiger partial charge < -0.3 is 36.0 Å². The fourth-order valence-corrected chi connectivity index (χ4v) is 9.72. The van der Waals surface area contributed by atoms with Crippen molar-refractivity contribution in [2.24, 2.45) is 5.92 Å². The number of aromatic nitrogens is 2. The highest BCUT2D eigenvalue weighted by Crippen LogP contribution is 2.33. The van der Waals surface area contributed by atoms with Crippen LogP contribution in [0.5, 0.6) is 0 Å². The van der Waals surface area contributed by atoms with Gasteiger partial charge in [-0.25, -0.2) is 14.6 Å². The number of ether oxygens (including phenoxy) is 1. The molecule has 370 valence electrons. The number of aliphatic hydroxyl groups is 1. The van der Waals surface area contributed by atoms with Crippen molar-refractivity contribution in [1.29, 1.82) is 0 Å². The van der Waals surface area contributed by atoms with Gasteiger partial charge in [0.15, 0.2) is 0 Å². The second-order valence-electron chi connectivity index (χ2n) is 18.4. The second kappa shape index (κ2) is 27.3. The Morgan fingerprint density at radius 1 is 0.800 bits per heavy atom. The summed E-state index contributed by atoms with van der Waals surface area (Å²) in [5.74, 6) is -0.277. The first-order valence-electron chi connectivity index (χ1n) is 24.2. The summed E-state index contributed by atoms with van der Waals surface area (Å²) in [6.45, 7) is 9.30. The van der Waals surface area contributed by atoms with E-state index in [-0.39, 0.29) is 30.9 Å². The number of hydrogen-bond donors (Lipinski definition) is 5. The number of aryl methyl sites for hydroxylation is 2. The van der Waals surface area contributed by atoms with Crippen molar-refractivity contribution in [2.75, 3.05) is 20.6 Å². The SMILES string of the molecule is CC(C)c1nc(CN(C)C(=O)N[C@H](C(=O)N[C@@H](Cc2ccccc2)C[C@H](O)[C@H](Cc2ccccc2)NC(=O)OCc2cncs2)C(C)C)cs1.CNCCC=C1c2ccccc2CCc2ccccc21. The molecule has 1 aliphatic carbocycles. The molecule has 12 nitrogen and oxygen atoms in total. The van der Waals surface area contributed by atoms with Gasteiger partial charge in [0, 0.05) is 30.6 Å². The molecule has 0 spiro atoms. The number of aliphatic hydroxyl groups excluding tert-OH is 1. The maximum Gasteiger partial charge on any atom is 0.407 e. The van der Waals surface area contributed by atoms with Gasteiger partial charge in [0.05, 0.1) is 39.8 Å². The number of amides is 4. The van der Waals surface area contributed by atoms with E-state index in [2.05, 4.69) is 99.7 Å². The van der Waals surface area contributed by atoms with Gasteiger partial charge in [-0.3, -0.25) is 9.78 Å². The van der Waals surface area contributed by atoms with Crippen LogP contribution in [0.1, 0.15) is 95.4 Å². The first kappa shape index (κ1) is 53.2. The van der Waals surface area contributed by atoms with Crippen LogP contribution in [0.3, 0.4) is 0 Å². The molecular weight excluding hydrogens is 915 g/mol. The molecule has 4 amide bonds. The van der Waals surface area contributed by atoms with Gasteiger partial charge in [0.25, 0.3) is 0 Å². The average Bonchev–Trinajstić information content (AvgIpc) is 4.04. The number of nitrogens with zero attached hydrogens (tertiary/aromatic N) is 3. The molecule has 4 atom stereocenters. The highest BCUT2D eigenvalue weighted by atomic mass is 32.1. The lowest BCUT2D eigenvalue weighted by Gasteiger charge is -2.30. The minimum absolute atomic E-state index is 0.0671. The molecule has 0 bridgehead atoms. The number of fused-ring (bicyclic) bond motifs is 2. The van der Waals surface area contributed by atoms with Crippen LogP contribution in [0.2, 0.25) is 0 Å². The van der Waals surface area contributed by atoms with Crippen LogP contribution < -0.4 is 21.3 Å². The van der Waals surface area contributed by atoms with Crippen LogP contribution in [0, 0.1) is 5.92 Å². The maximum absolute atomic E-state index is 13.9. The summed E-state index contributed by atoms with van der Waals surface area (Å²) in [6.07, 6.45) is 6.56. The molecule has 0 saturated heterocycles. The van der Waals surface area contributed by atoms with E-state index in [0.29, 0.717) is 25.3 Å². The Hall–Kier alpha value is -6.19. The Morgan fingerprint density at radius 3 is 1.99 bits per heavy atom. The average molecular weight is 984 g/mol. The lowest BCUT2D eigenvalue weighted by atomic mass is 9.93. The molecule has 0 saturated carbocycles. The topological polar surface area (TPSA) is 158 Å². The normalized spacial score (nSPS) is 13.6. The third-order valence-corrected chi connectivity index (χ3v) is 14.1. The summed E-state index contributed by atoms with van der Waals surface area (Å²) in [4.78, 5) is 51.0. The summed E-state index contributed by atoms with van der Waals surface area (Å²) < 4.78 is 5.42. The van der Waals surface area contributed by atoms with E-state index >= 15 is 0 Å². The number of hydrogen-bond acceptors (Lipinski definition) is 10. The molecule has 6 aromatic rings. The smallest absolute Gasteiger partial charge is 0.407 e. The fraction of sp³-hybridized carbons (Fsp3) is 0.375. The molecule has 14 heteroatoms. The van der Waals surface area contributed by atoms with Crippen molar-refractivity contribution in [3.63, 3.8) is 0 Å². The first-order valence-corrected chi connectivity index (χ1v) is 26.0. The predicted molar refractivity (Wildman–Crippen MR) is 283 cm³/mol. The summed E-state index contributed by atoms with van der Waals surface area (Å²) >= 11 is 2.95. The lowest BCUT2D eigenvalue weighted by Crippen LogP contribution is -2.55. The number of nitrogens with one attached hydrogen (secondary N) is 4.